The maximum Gasteiger partial charge on any atom is 0.409 e. The van der Waals surface area contributed by atoms with Crippen LogP contribution in [0.5, 0.6) is 0 Å². The van der Waals surface area contributed by atoms with Crippen molar-refractivity contribution >= 4 is 46.9 Å². The van der Waals surface area contributed by atoms with Crippen LogP contribution >= 0.6 is 11.6 Å². The molecule has 3 aromatic rings. The van der Waals surface area contributed by atoms with Crippen molar-refractivity contribution in [3.8, 4) is 0 Å². The Kier molecular flexibility index (Phi) is 9.41. The molecule has 3 N–H and O–H groups in total. The Morgan fingerprint density at radius 2 is 1.66 bits per heavy atom. The third-order valence-corrected chi connectivity index (χ3v) is 6.94. The van der Waals surface area contributed by atoms with Crippen LogP contribution in [-0.2, 0) is 9.53 Å². The van der Waals surface area contributed by atoms with E-state index in [0.717, 1.165) is 5.56 Å². The van der Waals surface area contributed by atoms with Crippen LogP contribution in [0.3, 0.4) is 0 Å². The molecule has 1 atom stereocenters. The van der Waals surface area contributed by atoms with E-state index in [0.29, 0.717) is 43.1 Å². The van der Waals surface area contributed by atoms with Crippen LogP contribution in [0.25, 0.3) is 0 Å². The zero-order valence-corrected chi connectivity index (χ0v) is 23.4. The number of rotatable bonds is 8. The summed E-state index contributed by atoms with van der Waals surface area (Å²) in [6.07, 6.45) is 0.635. The number of piperazine rings is 1. The zero-order valence-electron chi connectivity index (χ0n) is 22.6. The normalized spacial score (nSPS) is 13.7. The molecule has 2 heterocycles. The summed E-state index contributed by atoms with van der Waals surface area (Å²) in [7, 11) is 1.33. The summed E-state index contributed by atoms with van der Waals surface area (Å²) in [6.45, 7) is 3.69. The standard InChI is InChI=1S/C29H30ClN5O6/c1-18-3-5-19(6-4-18)22(16-26(36)37)32-27(38)20-7-9-24(34-11-13-35(14-12-34)29(40)41-2)23(15-20)33-28(39)21-8-10-25(30)31-17-21/h3-10,15,17,22H,11-14,16H2,1-2H3,(H,32,38)(H,33,39)(H,36,37). The van der Waals surface area contributed by atoms with E-state index in [2.05, 4.69) is 15.6 Å². The van der Waals surface area contributed by atoms with Gasteiger partial charge in [-0.15, -0.1) is 0 Å². The minimum absolute atomic E-state index is 0.231. The Morgan fingerprint density at radius 3 is 2.27 bits per heavy atom. The number of aliphatic carboxylic acids is 1. The molecule has 11 nitrogen and oxygen atoms in total. The van der Waals surface area contributed by atoms with Crippen LogP contribution in [0.1, 0.15) is 44.3 Å². The van der Waals surface area contributed by atoms with Crippen molar-refractivity contribution in [3.05, 3.63) is 88.2 Å². The summed E-state index contributed by atoms with van der Waals surface area (Å²) in [5, 5.41) is 15.4. The number of carbonyl (C=O) groups excluding carboxylic acids is 3. The number of hydrogen-bond donors (Lipinski definition) is 3. The van der Waals surface area contributed by atoms with Gasteiger partial charge in [-0.3, -0.25) is 14.4 Å². The molecule has 4 rings (SSSR count). The highest BCUT2D eigenvalue weighted by Crippen LogP contribution is 2.30. The second-order valence-electron chi connectivity index (χ2n) is 9.53. The van der Waals surface area contributed by atoms with Gasteiger partial charge >= 0.3 is 12.1 Å². The van der Waals surface area contributed by atoms with Gasteiger partial charge in [-0.1, -0.05) is 41.4 Å². The van der Waals surface area contributed by atoms with Crippen molar-refractivity contribution < 1.29 is 29.0 Å². The number of benzene rings is 2. The zero-order chi connectivity index (χ0) is 29.5. The van der Waals surface area contributed by atoms with Gasteiger partial charge in [-0.2, -0.15) is 0 Å². The van der Waals surface area contributed by atoms with Gasteiger partial charge in [0.05, 0.1) is 36.5 Å². The van der Waals surface area contributed by atoms with Gasteiger partial charge in [0.1, 0.15) is 5.15 Å². The summed E-state index contributed by atoms with van der Waals surface area (Å²) in [4.78, 5) is 57.5. The van der Waals surface area contributed by atoms with E-state index in [1.165, 1.54) is 25.4 Å². The third kappa shape index (κ3) is 7.52. The Bertz CT molecular complexity index is 1420. The van der Waals surface area contributed by atoms with Gasteiger partial charge in [-0.05, 0) is 42.8 Å². The Hall–Kier alpha value is -4.64. The summed E-state index contributed by atoms with van der Waals surface area (Å²) in [6, 6.07) is 14.4. The first-order valence-electron chi connectivity index (χ1n) is 12.9. The molecule has 0 spiro atoms. The van der Waals surface area contributed by atoms with Crippen LogP contribution < -0.4 is 15.5 Å². The van der Waals surface area contributed by atoms with Crippen molar-refractivity contribution in [2.75, 3.05) is 43.5 Å². The number of ether oxygens (including phenoxy) is 1. The molecule has 0 aliphatic carbocycles. The number of anilines is 2. The number of halogens is 1. The summed E-state index contributed by atoms with van der Waals surface area (Å²) in [5.74, 6) is -2.01. The SMILES string of the molecule is COC(=O)N1CCN(c2ccc(C(=O)NC(CC(=O)O)c3ccc(C)cc3)cc2NC(=O)c2ccc(Cl)nc2)CC1. The molecule has 0 saturated carbocycles. The van der Waals surface area contributed by atoms with Crippen molar-refractivity contribution in [3.63, 3.8) is 0 Å². The van der Waals surface area contributed by atoms with Crippen LogP contribution in [0, 0.1) is 6.92 Å². The molecule has 0 radical (unpaired) electrons. The second kappa shape index (κ2) is 13.1. The molecule has 1 aliphatic rings. The highest BCUT2D eigenvalue weighted by atomic mass is 35.5. The van der Waals surface area contributed by atoms with Gasteiger partial charge in [0.2, 0.25) is 0 Å². The van der Waals surface area contributed by atoms with Crippen molar-refractivity contribution in [1.82, 2.24) is 15.2 Å². The maximum absolute atomic E-state index is 13.3. The molecule has 1 unspecified atom stereocenters. The summed E-state index contributed by atoms with van der Waals surface area (Å²) >= 11 is 5.86. The minimum Gasteiger partial charge on any atom is -0.481 e. The van der Waals surface area contributed by atoms with Gasteiger partial charge in [-0.25, -0.2) is 9.78 Å². The number of carbonyl (C=O) groups is 4. The van der Waals surface area contributed by atoms with E-state index in [9.17, 15) is 24.3 Å². The Morgan fingerprint density at radius 1 is 0.976 bits per heavy atom. The van der Waals surface area contributed by atoms with Crippen LogP contribution in [0.15, 0.2) is 60.8 Å². The number of aryl methyl sites for hydroxylation is 1. The van der Waals surface area contributed by atoms with Crippen LogP contribution in [0.2, 0.25) is 5.15 Å². The average molecular weight is 580 g/mol. The van der Waals surface area contributed by atoms with E-state index in [4.69, 9.17) is 16.3 Å². The van der Waals surface area contributed by atoms with E-state index in [1.807, 2.05) is 24.0 Å². The first kappa shape index (κ1) is 29.3. The topological polar surface area (TPSA) is 141 Å². The van der Waals surface area contributed by atoms with Crippen molar-refractivity contribution in [2.45, 2.75) is 19.4 Å². The fraction of sp³-hybridized carbons (Fsp3) is 0.276. The molecule has 12 heteroatoms. The molecule has 1 fully saturated rings. The quantitative estimate of drug-likeness (QED) is 0.338. The molecule has 0 bridgehead atoms. The number of hydrogen-bond acceptors (Lipinski definition) is 7. The lowest BCUT2D eigenvalue weighted by atomic mass is 10.0. The Labute approximate surface area is 242 Å². The average Bonchev–Trinajstić information content (AvgIpc) is 2.97. The van der Waals surface area contributed by atoms with E-state index in [-0.39, 0.29) is 22.7 Å². The number of carboxylic acids is 1. The molecule has 3 amide bonds. The van der Waals surface area contributed by atoms with Gasteiger partial charge in [0, 0.05) is 37.9 Å². The molecule has 1 saturated heterocycles. The minimum atomic E-state index is -1.05. The highest BCUT2D eigenvalue weighted by molar-refractivity contribution is 6.29. The fourth-order valence-corrected chi connectivity index (χ4v) is 4.60. The van der Waals surface area contributed by atoms with E-state index >= 15 is 0 Å². The molecule has 2 aromatic carbocycles. The largest absolute Gasteiger partial charge is 0.481 e. The number of nitrogens with zero attached hydrogens (tertiary/aromatic N) is 3. The second-order valence-corrected chi connectivity index (χ2v) is 9.92. The van der Waals surface area contributed by atoms with Gasteiger partial charge < -0.3 is 30.3 Å². The van der Waals surface area contributed by atoms with E-state index < -0.39 is 29.9 Å². The predicted molar refractivity (Wildman–Crippen MR) is 153 cm³/mol. The summed E-state index contributed by atoms with van der Waals surface area (Å²) in [5.41, 5.74) is 3.19. The summed E-state index contributed by atoms with van der Waals surface area (Å²) < 4.78 is 4.81. The first-order chi connectivity index (χ1) is 19.6. The van der Waals surface area contributed by atoms with Crippen LogP contribution in [0.4, 0.5) is 16.2 Å². The Balaban J connectivity index is 1.61. The van der Waals surface area contributed by atoms with Gasteiger partial charge in [0.15, 0.2) is 0 Å². The van der Waals surface area contributed by atoms with E-state index in [1.54, 1.807) is 35.2 Å². The number of amides is 3. The van der Waals surface area contributed by atoms with Gasteiger partial charge in [0.25, 0.3) is 11.8 Å². The molecule has 1 aliphatic heterocycles. The molecular formula is C29H30ClN5O6. The highest BCUT2D eigenvalue weighted by Gasteiger charge is 2.25. The predicted octanol–water partition coefficient (Wildman–Crippen LogP) is 4.13. The monoisotopic (exact) mass is 579 g/mol. The first-order valence-corrected chi connectivity index (χ1v) is 13.3. The van der Waals surface area contributed by atoms with Crippen molar-refractivity contribution in [2.24, 2.45) is 0 Å². The fourth-order valence-electron chi connectivity index (χ4n) is 4.48. The van der Waals surface area contributed by atoms with Crippen LogP contribution in [-0.4, -0.2) is 72.2 Å². The number of aromatic nitrogens is 1. The maximum atomic E-state index is 13.3. The molecule has 41 heavy (non-hydrogen) atoms. The molecular weight excluding hydrogens is 550 g/mol. The number of carboxylic acid groups (broad SMARTS) is 1. The lowest BCUT2D eigenvalue weighted by Gasteiger charge is -2.36. The molecule has 214 valence electrons. The number of pyridine rings is 1. The number of methoxy groups -OCH3 is 1. The smallest absolute Gasteiger partial charge is 0.409 e. The molecule has 1 aromatic heterocycles. The number of nitrogens with one attached hydrogen (secondary N) is 2. The lowest BCUT2D eigenvalue weighted by Crippen LogP contribution is -2.49. The van der Waals surface area contributed by atoms with Crippen molar-refractivity contribution in [1.29, 1.82) is 0 Å². The third-order valence-electron chi connectivity index (χ3n) is 6.71. The lowest BCUT2D eigenvalue weighted by molar-refractivity contribution is -0.137.